The summed E-state index contributed by atoms with van der Waals surface area (Å²) in [5, 5.41) is 14.0. The van der Waals surface area contributed by atoms with Gasteiger partial charge in [0.25, 0.3) is 6.43 Å². The molecule has 2 heterocycles. The van der Waals surface area contributed by atoms with Gasteiger partial charge in [-0.25, -0.2) is 23.2 Å². The summed E-state index contributed by atoms with van der Waals surface area (Å²) in [5.41, 5.74) is 2.39. The van der Waals surface area contributed by atoms with Crippen molar-refractivity contribution in [1.29, 1.82) is 0 Å². The van der Waals surface area contributed by atoms with Crippen molar-refractivity contribution in [2.75, 3.05) is 0 Å². The maximum Gasteiger partial charge on any atom is 0.335 e. The van der Waals surface area contributed by atoms with Gasteiger partial charge in [-0.2, -0.15) is 0 Å². The summed E-state index contributed by atoms with van der Waals surface area (Å²) in [6.45, 7) is 3.48. The Balaban J connectivity index is 1.72. The van der Waals surface area contributed by atoms with Gasteiger partial charge in [-0.3, -0.25) is 9.36 Å². The second-order valence-corrected chi connectivity index (χ2v) is 7.83. The van der Waals surface area contributed by atoms with Gasteiger partial charge in [-0.05, 0) is 33.5 Å². The summed E-state index contributed by atoms with van der Waals surface area (Å²) < 4.78 is 29.7. The molecule has 0 spiro atoms. The SMILES string of the molecule is CCCc1c(C(F)F)n(C(=O)CC)c(=O)n1Cc1ccc(-c2ccccc2-c2nnn[nH]2)cc1. The van der Waals surface area contributed by atoms with Gasteiger partial charge in [0.1, 0.15) is 5.69 Å². The second-order valence-electron chi connectivity index (χ2n) is 7.83. The van der Waals surface area contributed by atoms with Crippen molar-refractivity contribution in [3.8, 4) is 22.5 Å². The van der Waals surface area contributed by atoms with Crippen molar-refractivity contribution in [1.82, 2.24) is 29.8 Å². The quantitative estimate of drug-likeness (QED) is 0.413. The minimum atomic E-state index is -2.92. The highest BCUT2D eigenvalue weighted by Gasteiger charge is 2.28. The van der Waals surface area contributed by atoms with E-state index in [1.165, 1.54) is 4.57 Å². The van der Waals surface area contributed by atoms with Crippen molar-refractivity contribution in [3.05, 3.63) is 76.0 Å². The number of alkyl halides is 2. The van der Waals surface area contributed by atoms with Crippen LogP contribution in [0.4, 0.5) is 8.78 Å². The van der Waals surface area contributed by atoms with E-state index in [9.17, 15) is 18.4 Å². The van der Waals surface area contributed by atoms with Gasteiger partial charge in [-0.1, -0.05) is 68.8 Å². The van der Waals surface area contributed by atoms with Crippen LogP contribution in [-0.4, -0.2) is 35.7 Å². The van der Waals surface area contributed by atoms with E-state index in [0.717, 1.165) is 22.3 Å². The predicted molar refractivity (Wildman–Crippen MR) is 123 cm³/mol. The largest absolute Gasteiger partial charge is 0.335 e. The molecule has 0 aliphatic heterocycles. The van der Waals surface area contributed by atoms with E-state index in [2.05, 4.69) is 20.6 Å². The lowest BCUT2D eigenvalue weighted by atomic mass is 9.98. The number of rotatable bonds is 8. The Bertz CT molecular complexity index is 1340. The highest BCUT2D eigenvalue weighted by atomic mass is 19.3. The highest BCUT2D eigenvalue weighted by Crippen LogP contribution is 2.30. The molecule has 4 rings (SSSR count). The van der Waals surface area contributed by atoms with E-state index in [-0.39, 0.29) is 25.1 Å². The number of aromatic amines is 1. The molecule has 0 bridgehead atoms. The molecule has 8 nitrogen and oxygen atoms in total. The maximum atomic E-state index is 13.9. The molecular formula is C24H24F2N6O2. The summed E-state index contributed by atoms with van der Waals surface area (Å²) in [7, 11) is 0. The zero-order chi connectivity index (χ0) is 24.2. The number of halogens is 2. The fourth-order valence-electron chi connectivity index (χ4n) is 4.08. The van der Waals surface area contributed by atoms with Crippen LogP contribution in [0.3, 0.4) is 0 Å². The number of aromatic nitrogens is 6. The number of nitrogens with one attached hydrogen (secondary N) is 1. The molecule has 0 radical (unpaired) electrons. The molecule has 2 aromatic heterocycles. The molecule has 0 amide bonds. The Morgan fingerprint density at radius 2 is 1.76 bits per heavy atom. The maximum absolute atomic E-state index is 13.9. The topological polar surface area (TPSA) is 98.5 Å². The third kappa shape index (κ3) is 4.30. The lowest BCUT2D eigenvalue weighted by Gasteiger charge is -2.11. The number of carbonyl (C=O) groups is 1. The molecular weight excluding hydrogens is 442 g/mol. The first-order valence-electron chi connectivity index (χ1n) is 11.0. The van der Waals surface area contributed by atoms with Gasteiger partial charge < -0.3 is 0 Å². The molecule has 0 unspecified atom stereocenters. The molecule has 176 valence electrons. The lowest BCUT2D eigenvalue weighted by Crippen LogP contribution is -2.30. The van der Waals surface area contributed by atoms with Crippen LogP contribution in [0.25, 0.3) is 22.5 Å². The van der Waals surface area contributed by atoms with Crippen LogP contribution in [0.5, 0.6) is 0 Å². The first-order chi connectivity index (χ1) is 16.5. The molecule has 0 atom stereocenters. The second kappa shape index (κ2) is 9.90. The molecule has 2 aromatic carbocycles. The molecule has 1 N–H and O–H groups in total. The summed E-state index contributed by atoms with van der Waals surface area (Å²) in [4.78, 5) is 25.3. The van der Waals surface area contributed by atoms with E-state index >= 15 is 0 Å². The van der Waals surface area contributed by atoms with E-state index in [1.807, 2.05) is 55.5 Å². The van der Waals surface area contributed by atoms with Crippen LogP contribution in [-0.2, 0) is 13.0 Å². The summed E-state index contributed by atoms with van der Waals surface area (Å²) in [6.07, 6.45) is -2.12. The van der Waals surface area contributed by atoms with Crippen LogP contribution in [0.15, 0.2) is 53.3 Å². The van der Waals surface area contributed by atoms with Gasteiger partial charge >= 0.3 is 5.69 Å². The van der Waals surface area contributed by atoms with E-state index < -0.39 is 23.7 Å². The molecule has 10 heteroatoms. The minimum Gasteiger partial charge on any atom is -0.291 e. The third-order valence-electron chi connectivity index (χ3n) is 5.66. The van der Waals surface area contributed by atoms with Crippen molar-refractivity contribution >= 4 is 5.91 Å². The average molecular weight is 466 g/mol. The minimum absolute atomic E-state index is 0.0377. The van der Waals surface area contributed by atoms with E-state index in [0.29, 0.717) is 16.8 Å². The first kappa shape index (κ1) is 23.2. The molecule has 0 aliphatic carbocycles. The van der Waals surface area contributed by atoms with Gasteiger partial charge in [0.2, 0.25) is 5.91 Å². The Kier molecular flexibility index (Phi) is 6.76. The smallest absolute Gasteiger partial charge is 0.291 e. The van der Waals surface area contributed by atoms with Gasteiger partial charge in [-0.15, -0.1) is 5.10 Å². The summed E-state index contributed by atoms with van der Waals surface area (Å²) in [5.74, 6) is -0.0952. The molecule has 34 heavy (non-hydrogen) atoms. The number of imidazole rings is 1. The van der Waals surface area contributed by atoms with Crippen molar-refractivity contribution in [2.45, 2.75) is 46.1 Å². The van der Waals surface area contributed by atoms with Crippen LogP contribution in [0, 0.1) is 0 Å². The highest BCUT2D eigenvalue weighted by molar-refractivity contribution is 5.80. The summed E-state index contributed by atoms with van der Waals surface area (Å²) in [6, 6.07) is 15.1. The zero-order valence-corrected chi connectivity index (χ0v) is 18.8. The Morgan fingerprint density at radius 3 is 2.35 bits per heavy atom. The number of hydrogen-bond donors (Lipinski definition) is 1. The summed E-state index contributed by atoms with van der Waals surface area (Å²) >= 11 is 0. The van der Waals surface area contributed by atoms with Crippen LogP contribution in [0.2, 0.25) is 0 Å². The zero-order valence-electron chi connectivity index (χ0n) is 18.8. The van der Waals surface area contributed by atoms with Crippen molar-refractivity contribution < 1.29 is 13.6 Å². The lowest BCUT2D eigenvalue weighted by molar-refractivity contribution is 0.0863. The number of tetrazole rings is 1. The number of hydrogen-bond acceptors (Lipinski definition) is 5. The van der Waals surface area contributed by atoms with Gasteiger partial charge in [0.15, 0.2) is 5.82 Å². The number of benzene rings is 2. The Hall–Kier alpha value is -3.95. The predicted octanol–water partition coefficient (Wildman–Crippen LogP) is 4.49. The van der Waals surface area contributed by atoms with Crippen molar-refractivity contribution in [3.63, 3.8) is 0 Å². The molecule has 0 fully saturated rings. The molecule has 0 saturated carbocycles. The number of carbonyl (C=O) groups excluding carboxylic acids is 1. The fraction of sp³-hybridized carbons (Fsp3) is 0.292. The molecule has 4 aromatic rings. The van der Waals surface area contributed by atoms with E-state index in [1.54, 1.807) is 6.92 Å². The third-order valence-corrected chi connectivity index (χ3v) is 5.66. The van der Waals surface area contributed by atoms with Crippen molar-refractivity contribution in [2.24, 2.45) is 0 Å². The van der Waals surface area contributed by atoms with Gasteiger partial charge in [0, 0.05) is 17.7 Å². The number of nitrogens with zero attached hydrogens (tertiary/aromatic N) is 5. The monoisotopic (exact) mass is 466 g/mol. The van der Waals surface area contributed by atoms with Crippen LogP contribution in [0.1, 0.15) is 54.9 Å². The normalized spacial score (nSPS) is 11.3. The first-order valence-corrected chi connectivity index (χ1v) is 11.0. The fourth-order valence-corrected chi connectivity index (χ4v) is 4.08. The standard InChI is InChI=1S/C24H24F2N6O2/c1-3-7-19-21(22(25)26)32(20(33)4-2)24(34)31(19)14-15-10-12-16(13-11-15)17-8-5-6-9-18(17)23-27-29-30-28-23/h5-6,8-13,22H,3-4,7,14H2,1-2H3,(H,27,28,29,30). The van der Waals surface area contributed by atoms with Gasteiger partial charge in [0.05, 0.1) is 6.54 Å². The van der Waals surface area contributed by atoms with E-state index in [4.69, 9.17) is 0 Å². The number of H-pyrrole nitrogens is 1. The Morgan fingerprint density at radius 1 is 1.06 bits per heavy atom. The Labute approximate surface area is 194 Å². The molecule has 0 aliphatic rings. The van der Waals surface area contributed by atoms with Crippen LogP contribution >= 0.6 is 0 Å². The average Bonchev–Trinajstić information content (AvgIpc) is 3.47. The molecule has 0 saturated heterocycles. The van der Waals surface area contributed by atoms with Crippen LogP contribution < -0.4 is 5.69 Å².